The molecule has 6 heteroatoms. The Morgan fingerprint density at radius 1 is 0.321 bits per heavy atom. The summed E-state index contributed by atoms with van der Waals surface area (Å²) in [4.78, 5) is 24.6. The van der Waals surface area contributed by atoms with Gasteiger partial charge in [-0.25, -0.2) is 0 Å². The second kappa shape index (κ2) is 73.5. The van der Waals surface area contributed by atoms with Crippen LogP contribution < -0.4 is 5.32 Å². The van der Waals surface area contributed by atoms with Crippen LogP contribution in [0.5, 0.6) is 0 Å². The van der Waals surface area contributed by atoms with E-state index in [1.807, 2.05) is 6.08 Å². The first-order chi connectivity index (χ1) is 41.5. The fourth-order valence-corrected chi connectivity index (χ4v) is 12.0. The van der Waals surface area contributed by atoms with Crippen LogP contribution in [-0.4, -0.2) is 47.4 Å². The van der Waals surface area contributed by atoms with Gasteiger partial charge < -0.3 is 20.3 Å². The quantitative estimate of drug-likeness (QED) is 0.0320. The van der Waals surface area contributed by atoms with Gasteiger partial charge in [-0.2, -0.15) is 0 Å². The van der Waals surface area contributed by atoms with Gasteiger partial charge in [0.2, 0.25) is 5.91 Å². The van der Waals surface area contributed by atoms with E-state index < -0.39 is 12.1 Å². The Hall–Kier alpha value is -1.92. The molecular formula is C78H149NO5. The molecule has 0 aliphatic carbocycles. The lowest BCUT2D eigenvalue weighted by atomic mass is 10.0. The molecule has 1 amide bonds. The summed E-state index contributed by atoms with van der Waals surface area (Å²) < 4.78 is 5.49. The first-order valence-corrected chi connectivity index (χ1v) is 38.3. The monoisotopic (exact) mass is 1180 g/mol. The zero-order valence-corrected chi connectivity index (χ0v) is 56.9. The molecule has 0 saturated carbocycles. The fourth-order valence-electron chi connectivity index (χ4n) is 12.0. The predicted octanol–water partition coefficient (Wildman–Crippen LogP) is 25.0. The van der Waals surface area contributed by atoms with Gasteiger partial charge in [0.15, 0.2) is 0 Å². The Morgan fingerprint density at radius 2 is 0.560 bits per heavy atom. The molecule has 0 radical (unpaired) electrons. The average molecular weight is 1180 g/mol. The minimum atomic E-state index is -0.846. The van der Waals surface area contributed by atoms with E-state index in [2.05, 4.69) is 43.5 Å². The van der Waals surface area contributed by atoms with Gasteiger partial charge in [-0.3, -0.25) is 9.59 Å². The molecule has 496 valence electrons. The van der Waals surface area contributed by atoms with Crippen LogP contribution in [0.25, 0.3) is 0 Å². The average Bonchev–Trinajstić information content (AvgIpc) is 3.51. The third-order valence-corrected chi connectivity index (χ3v) is 17.9. The van der Waals surface area contributed by atoms with Crippen LogP contribution >= 0.6 is 0 Å². The smallest absolute Gasteiger partial charge is 0.305 e. The summed E-state index contributed by atoms with van der Waals surface area (Å²) in [7, 11) is 0. The molecule has 2 unspecified atom stereocenters. The lowest BCUT2D eigenvalue weighted by Crippen LogP contribution is -2.45. The van der Waals surface area contributed by atoms with Crippen LogP contribution in [0, 0.1) is 0 Å². The number of hydrogen-bond acceptors (Lipinski definition) is 5. The Labute approximate surface area is 525 Å². The number of nitrogens with one attached hydrogen (secondary N) is 1. The molecule has 0 aliphatic heterocycles. The van der Waals surface area contributed by atoms with E-state index in [9.17, 15) is 19.8 Å². The van der Waals surface area contributed by atoms with Crippen LogP contribution in [0.2, 0.25) is 0 Å². The van der Waals surface area contributed by atoms with Crippen LogP contribution in [0.3, 0.4) is 0 Å². The van der Waals surface area contributed by atoms with Crippen molar-refractivity contribution in [1.82, 2.24) is 5.32 Å². The number of unbranched alkanes of at least 4 members (excludes halogenated alkanes) is 57. The molecule has 0 aromatic heterocycles. The maximum absolute atomic E-state index is 12.5. The first kappa shape index (κ1) is 82.1. The van der Waals surface area contributed by atoms with Gasteiger partial charge in [0.1, 0.15) is 0 Å². The van der Waals surface area contributed by atoms with Crippen molar-refractivity contribution in [1.29, 1.82) is 0 Å². The minimum absolute atomic E-state index is 0.00824. The van der Waals surface area contributed by atoms with E-state index in [-0.39, 0.29) is 18.5 Å². The molecular weight excluding hydrogens is 1030 g/mol. The number of allylic oxidation sites excluding steroid dienone is 5. The Morgan fingerprint density at radius 3 is 0.845 bits per heavy atom. The number of amides is 1. The number of ether oxygens (including phenoxy) is 1. The molecule has 0 aromatic carbocycles. The van der Waals surface area contributed by atoms with Gasteiger partial charge in [-0.1, -0.05) is 365 Å². The van der Waals surface area contributed by atoms with E-state index >= 15 is 0 Å². The molecule has 3 N–H and O–H groups in total. The Kier molecular flexibility index (Phi) is 71.9. The van der Waals surface area contributed by atoms with E-state index in [0.717, 1.165) is 44.9 Å². The van der Waals surface area contributed by atoms with Crippen molar-refractivity contribution < 1.29 is 24.5 Å². The fraction of sp³-hybridized carbons (Fsp3) is 0.897. The van der Waals surface area contributed by atoms with Crippen molar-refractivity contribution in [3.8, 4) is 0 Å². The minimum Gasteiger partial charge on any atom is -0.466 e. The molecule has 0 saturated heterocycles. The highest BCUT2D eigenvalue weighted by Gasteiger charge is 2.18. The molecule has 84 heavy (non-hydrogen) atoms. The lowest BCUT2D eigenvalue weighted by Gasteiger charge is -2.20. The number of carbonyl (C=O) groups is 2. The number of aliphatic hydroxyl groups excluding tert-OH is 2. The van der Waals surface area contributed by atoms with Crippen molar-refractivity contribution in [3.05, 3.63) is 36.5 Å². The third-order valence-electron chi connectivity index (χ3n) is 17.9. The standard InChI is InChI=1S/C78H149NO5/c1-3-5-7-9-11-13-15-17-19-20-21-22-23-30-33-36-39-43-46-50-54-58-62-66-70-76(81)75(74-80)79-77(82)71-67-63-59-55-51-47-44-40-37-34-31-28-26-24-25-27-29-32-35-38-41-45-49-53-57-61-65-69-73-84-78(83)72-68-64-60-56-52-48-42-18-16-14-12-10-8-6-4-2/h18,24-25,42,66,70,75-76,80-81H,3-17,19-23,26-41,43-65,67-69,71-74H2,1-2H3,(H,79,82)/b25-24-,42-18-,70-66+. The van der Waals surface area contributed by atoms with Crippen molar-refractivity contribution >= 4 is 11.9 Å². The Bertz CT molecular complexity index is 1360. The second-order valence-electron chi connectivity index (χ2n) is 26.3. The van der Waals surface area contributed by atoms with Crippen LogP contribution in [-0.2, 0) is 14.3 Å². The third kappa shape index (κ3) is 69.2. The van der Waals surface area contributed by atoms with Gasteiger partial charge >= 0.3 is 5.97 Å². The van der Waals surface area contributed by atoms with Crippen molar-refractivity contribution in [2.45, 2.75) is 437 Å². The molecule has 0 fully saturated rings. The van der Waals surface area contributed by atoms with Crippen molar-refractivity contribution in [2.75, 3.05) is 13.2 Å². The summed E-state index contributed by atoms with van der Waals surface area (Å²) in [6.45, 7) is 4.94. The first-order valence-electron chi connectivity index (χ1n) is 38.3. The zero-order chi connectivity index (χ0) is 60.6. The molecule has 0 aromatic rings. The molecule has 0 bridgehead atoms. The highest BCUT2D eigenvalue weighted by molar-refractivity contribution is 5.76. The van der Waals surface area contributed by atoms with E-state index in [1.165, 1.54) is 353 Å². The topological polar surface area (TPSA) is 95.9 Å². The molecule has 2 atom stereocenters. The normalized spacial score (nSPS) is 12.7. The second-order valence-corrected chi connectivity index (χ2v) is 26.3. The van der Waals surface area contributed by atoms with Crippen molar-refractivity contribution in [3.63, 3.8) is 0 Å². The summed E-state index contributed by atoms with van der Waals surface area (Å²) in [6.07, 6.45) is 95.3. The summed E-state index contributed by atoms with van der Waals surface area (Å²) in [5.74, 6) is -0.0552. The zero-order valence-electron chi connectivity index (χ0n) is 56.9. The van der Waals surface area contributed by atoms with Gasteiger partial charge in [0.05, 0.1) is 25.4 Å². The number of hydrogen-bond donors (Lipinski definition) is 3. The molecule has 0 aliphatic rings. The van der Waals surface area contributed by atoms with Crippen LogP contribution in [0.15, 0.2) is 36.5 Å². The Balaban J connectivity index is 3.41. The van der Waals surface area contributed by atoms with Crippen LogP contribution in [0.4, 0.5) is 0 Å². The van der Waals surface area contributed by atoms with Gasteiger partial charge in [-0.05, 0) is 83.5 Å². The number of carbonyl (C=O) groups excluding carboxylic acids is 2. The largest absolute Gasteiger partial charge is 0.466 e. The summed E-state index contributed by atoms with van der Waals surface area (Å²) in [5.41, 5.74) is 0. The number of aliphatic hydroxyl groups is 2. The SMILES string of the molecule is CCCCCCCC/C=C\CCCCCCCC(=O)OCCCCCCCCCCCCCC/C=C\CCCCCCCCCCCCCCC(=O)NC(CO)C(O)/C=C/CCCCCCCCCCCCCCCCCCCCCCCC. The maximum atomic E-state index is 12.5. The number of rotatable bonds is 72. The van der Waals surface area contributed by atoms with Gasteiger partial charge in [0, 0.05) is 12.8 Å². The van der Waals surface area contributed by atoms with Gasteiger partial charge in [-0.15, -0.1) is 0 Å². The highest BCUT2D eigenvalue weighted by atomic mass is 16.5. The summed E-state index contributed by atoms with van der Waals surface area (Å²) >= 11 is 0. The molecule has 6 nitrogen and oxygen atoms in total. The summed E-state index contributed by atoms with van der Waals surface area (Å²) in [6, 6.07) is -0.630. The number of esters is 1. The predicted molar refractivity (Wildman–Crippen MR) is 370 cm³/mol. The van der Waals surface area contributed by atoms with Crippen molar-refractivity contribution in [2.24, 2.45) is 0 Å². The molecule has 0 heterocycles. The molecule has 0 rings (SSSR count). The van der Waals surface area contributed by atoms with E-state index in [4.69, 9.17) is 4.74 Å². The maximum Gasteiger partial charge on any atom is 0.305 e. The summed E-state index contributed by atoms with van der Waals surface area (Å²) in [5, 5.41) is 23.3. The van der Waals surface area contributed by atoms with E-state index in [1.54, 1.807) is 6.08 Å². The van der Waals surface area contributed by atoms with Crippen LogP contribution in [0.1, 0.15) is 425 Å². The van der Waals surface area contributed by atoms with Gasteiger partial charge in [0.25, 0.3) is 0 Å². The van der Waals surface area contributed by atoms with E-state index in [0.29, 0.717) is 19.4 Å². The molecule has 0 spiro atoms. The highest BCUT2D eigenvalue weighted by Crippen LogP contribution is 2.19. The lowest BCUT2D eigenvalue weighted by molar-refractivity contribution is -0.143.